The van der Waals surface area contributed by atoms with Crippen molar-refractivity contribution in [1.82, 2.24) is 15.1 Å². The van der Waals surface area contributed by atoms with Crippen LogP contribution in [0.2, 0.25) is 0 Å². The van der Waals surface area contributed by atoms with Crippen LogP contribution in [0.15, 0.2) is 60.7 Å². The van der Waals surface area contributed by atoms with Gasteiger partial charge in [0.2, 0.25) is 0 Å². The van der Waals surface area contributed by atoms with Crippen molar-refractivity contribution in [1.29, 1.82) is 0 Å². The Hall–Kier alpha value is -2.74. The van der Waals surface area contributed by atoms with Crippen LogP contribution in [0.1, 0.15) is 48.5 Å². The van der Waals surface area contributed by atoms with Gasteiger partial charge in [-0.2, -0.15) is 0 Å². The Kier molecular flexibility index (Phi) is 7.98. The minimum Gasteiger partial charge on any atom is -0.390 e. The molecule has 2 saturated heterocycles. The van der Waals surface area contributed by atoms with E-state index in [1.807, 2.05) is 60.7 Å². The van der Waals surface area contributed by atoms with Gasteiger partial charge in [0.05, 0.1) is 6.10 Å². The molecule has 182 valence electrons. The Morgan fingerprint density at radius 3 is 2.18 bits per heavy atom. The van der Waals surface area contributed by atoms with Crippen LogP contribution in [0.5, 0.6) is 0 Å². The average Bonchev–Trinajstić information content (AvgIpc) is 3.09. The first-order chi connectivity index (χ1) is 16.4. The lowest BCUT2D eigenvalue weighted by molar-refractivity contribution is -0.146. The first kappa shape index (κ1) is 24.4. The number of hydrogen-bond acceptors (Lipinski definition) is 5. The number of hydrogen-bond donors (Lipinski definition) is 3. The number of fused-ring (bicyclic) bond motifs is 2. The molecule has 4 atom stereocenters. The lowest BCUT2D eigenvalue weighted by atomic mass is 9.96. The molecule has 34 heavy (non-hydrogen) atoms. The van der Waals surface area contributed by atoms with Crippen LogP contribution < -0.4 is 5.32 Å². The zero-order valence-corrected chi connectivity index (χ0v) is 19.7. The van der Waals surface area contributed by atoms with Gasteiger partial charge < -0.3 is 20.4 Å². The summed E-state index contributed by atoms with van der Waals surface area (Å²) in [4.78, 5) is 29.6. The fourth-order valence-electron chi connectivity index (χ4n) is 5.32. The Bertz CT molecular complexity index is 939. The van der Waals surface area contributed by atoms with Gasteiger partial charge in [-0.15, -0.1) is 0 Å². The third-order valence-electron chi connectivity index (χ3n) is 7.12. The van der Waals surface area contributed by atoms with Crippen molar-refractivity contribution in [2.24, 2.45) is 0 Å². The number of piperidine rings is 1. The molecule has 4 rings (SSSR count). The lowest BCUT2D eigenvalue weighted by Crippen LogP contribution is -2.53. The molecule has 2 amide bonds. The van der Waals surface area contributed by atoms with Crippen molar-refractivity contribution in [2.75, 3.05) is 13.1 Å². The SMILES string of the molecule is C[C@@H](O)[C@H](O)C(=O)N(CCN1C2CCC1CC(NC(=O)c1ccccc1)C2)Cc1ccccc1. The minimum absolute atomic E-state index is 0.0230. The number of rotatable bonds is 9. The molecule has 2 aliphatic rings. The summed E-state index contributed by atoms with van der Waals surface area (Å²) < 4.78 is 0. The summed E-state index contributed by atoms with van der Waals surface area (Å²) in [7, 11) is 0. The zero-order valence-electron chi connectivity index (χ0n) is 19.7. The maximum Gasteiger partial charge on any atom is 0.254 e. The second kappa shape index (κ2) is 11.1. The van der Waals surface area contributed by atoms with E-state index in [4.69, 9.17) is 0 Å². The van der Waals surface area contributed by atoms with E-state index < -0.39 is 18.1 Å². The number of carbonyl (C=O) groups is 2. The van der Waals surface area contributed by atoms with Crippen molar-refractivity contribution >= 4 is 11.8 Å². The highest BCUT2D eigenvalue weighted by molar-refractivity contribution is 5.94. The number of amides is 2. The van der Waals surface area contributed by atoms with Gasteiger partial charge in [0.25, 0.3) is 11.8 Å². The van der Waals surface area contributed by atoms with Gasteiger partial charge in [0, 0.05) is 43.3 Å². The molecule has 0 saturated carbocycles. The van der Waals surface area contributed by atoms with Crippen LogP contribution in [0, 0.1) is 0 Å². The van der Waals surface area contributed by atoms with Gasteiger partial charge in [-0.1, -0.05) is 48.5 Å². The van der Waals surface area contributed by atoms with Gasteiger partial charge >= 0.3 is 0 Å². The molecule has 2 bridgehead atoms. The second-order valence-corrected chi connectivity index (χ2v) is 9.56. The van der Waals surface area contributed by atoms with E-state index in [2.05, 4.69) is 10.2 Å². The molecule has 0 radical (unpaired) electrons. The third kappa shape index (κ3) is 5.84. The van der Waals surface area contributed by atoms with Gasteiger partial charge in [-0.3, -0.25) is 14.5 Å². The van der Waals surface area contributed by atoms with Crippen LogP contribution in [0.4, 0.5) is 0 Å². The molecule has 0 aromatic heterocycles. The molecular formula is C27H35N3O4. The van der Waals surface area contributed by atoms with E-state index >= 15 is 0 Å². The zero-order chi connectivity index (χ0) is 24.1. The fraction of sp³-hybridized carbons (Fsp3) is 0.481. The van der Waals surface area contributed by atoms with Gasteiger partial charge in [0.15, 0.2) is 6.10 Å². The Morgan fingerprint density at radius 1 is 1.00 bits per heavy atom. The summed E-state index contributed by atoms with van der Waals surface area (Å²) in [6, 6.07) is 19.9. The molecule has 2 aromatic rings. The van der Waals surface area contributed by atoms with E-state index in [-0.39, 0.29) is 11.9 Å². The second-order valence-electron chi connectivity index (χ2n) is 9.56. The fourth-order valence-corrected chi connectivity index (χ4v) is 5.32. The Balaban J connectivity index is 1.36. The average molecular weight is 466 g/mol. The van der Waals surface area contributed by atoms with Crippen molar-refractivity contribution in [3.8, 4) is 0 Å². The molecule has 2 aliphatic heterocycles. The number of aliphatic hydroxyl groups is 2. The molecule has 3 N–H and O–H groups in total. The van der Waals surface area contributed by atoms with E-state index in [9.17, 15) is 19.8 Å². The molecule has 0 aliphatic carbocycles. The minimum atomic E-state index is -1.43. The normalized spacial score (nSPS) is 23.8. The topological polar surface area (TPSA) is 93.1 Å². The Labute approximate surface area is 201 Å². The van der Waals surface area contributed by atoms with E-state index in [1.54, 1.807) is 4.90 Å². The molecule has 2 fully saturated rings. The van der Waals surface area contributed by atoms with Crippen molar-refractivity contribution < 1.29 is 19.8 Å². The van der Waals surface area contributed by atoms with Crippen molar-refractivity contribution in [3.63, 3.8) is 0 Å². The van der Waals surface area contributed by atoms with Gasteiger partial charge in [-0.05, 0) is 50.3 Å². The first-order valence-corrected chi connectivity index (χ1v) is 12.2. The summed E-state index contributed by atoms with van der Waals surface area (Å²) >= 11 is 0. The third-order valence-corrected chi connectivity index (χ3v) is 7.12. The highest BCUT2D eigenvalue weighted by Gasteiger charge is 2.41. The number of nitrogens with one attached hydrogen (secondary N) is 1. The Morgan fingerprint density at radius 2 is 1.59 bits per heavy atom. The van der Waals surface area contributed by atoms with Crippen LogP contribution in [0.3, 0.4) is 0 Å². The highest BCUT2D eigenvalue weighted by Crippen LogP contribution is 2.35. The molecule has 7 nitrogen and oxygen atoms in total. The van der Waals surface area contributed by atoms with E-state index in [0.29, 0.717) is 37.3 Å². The van der Waals surface area contributed by atoms with Crippen LogP contribution in [0.25, 0.3) is 0 Å². The van der Waals surface area contributed by atoms with Crippen LogP contribution in [-0.2, 0) is 11.3 Å². The monoisotopic (exact) mass is 465 g/mol. The molecule has 7 heteroatoms. The number of nitrogens with zero attached hydrogens (tertiary/aromatic N) is 2. The quantitative estimate of drug-likeness (QED) is 0.528. The predicted octanol–water partition coefficient (Wildman–Crippen LogP) is 2.18. The molecular weight excluding hydrogens is 430 g/mol. The van der Waals surface area contributed by atoms with Gasteiger partial charge in [0.1, 0.15) is 0 Å². The standard InChI is InChI=1S/C27H35N3O4/c1-19(31)25(32)27(34)29(18-20-8-4-2-5-9-20)14-15-30-23-12-13-24(30)17-22(16-23)28-26(33)21-10-6-3-7-11-21/h2-11,19,22-25,31-32H,12-18H2,1H3,(H,28,33)/t19-,22?,23?,24?,25+/m1/s1. The molecule has 0 spiro atoms. The van der Waals surface area contributed by atoms with E-state index in [1.165, 1.54) is 6.92 Å². The maximum atomic E-state index is 12.9. The number of benzene rings is 2. The number of aliphatic hydroxyl groups excluding tert-OH is 2. The molecule has 2 aromatic carbocycles. The lowest BCUT2D eigenvalue weighted by Gasteiger charge is -2.40. The van der Waals surface area contributed by atoms with Crippen molar-refractivity contribution in [3.05, 3.63) is 71.8 Å². The molecule has 2 unspecified atom stereocenters. The van der Waals surface area contributed by atoms with Crippen LogP contribution in [-0.4, -0.2) is 75.3 Å². The van der Waals surface area contributed by atoms with Crippen LogP contribution >= 0.6 is 0 Å². The summed E-state index contributed by atoms with van der Waals surface area (Å²) in [6.07, 6.45) is 1.43. The summed E-state index contributed by atoms with van der Waals surface area (Å²) in [5.41, 5.74) is 1.67. The smallest absolute Gasteiger partial charge is 0.254 e. The summed E-state index contributed by atoms with van der Waals surface area (Å²) in [5, 5.41) is 23.2. The van der Waals surface area contributed by atoms with Gasteiger partial charge in [-0.25, -0.2) is 0 Å². The summed E-state index contributed by atoms with van der Waals surface area (Å²) in [5.74, 6) is -0.471. The largest absolute Gasteiger partial charge is 0.390 e. The number of carbonyl (C=O) groups excluding carboxylic acids is 2. The predicted molar refractivity (Wildman–Crippen MR) is 130 cm³/mol. The summed E-state index contributed by atoms with van der Waals surface area (Å²) in [6.45, 7) is 3.01. The maximum absolute atomic E-state index is 12.9. The first-order valence-electron chi connectivity index (χ1n) is 12.2. The highest BCUT2D eigenvalue weighted by atomic mass is 16.3. The molecule has 2 heterocycles. The van der Waals surface area contributed by atoms with E-state index in [0.717, 1.165) is 31.2 Å². The van der Waals surface area contributed by atoms with Crippen molar-refractivity contribution in [2.45, 2.75) is 69.5 Å².